The Hall–Kier alpha value is -1.40. The van der Waals surface area contributed by atoms with Crippen LogP contribution in [0.1, 0.15) is 32.8 Å². The van der Waals surface area contributed by atoms with Crippen LogP contribution in [0.2, 0.25) is 0 Å². The number of amides is 1. The molecule has 0 spiro atoms. The summed E-state index contributed by atoms with van der Waals surface area (Å²) in [4.78, 5) is 14.0. The molecule has 1 N–H and O–H groups in total. The van der Waals surface area contributed by atoms with Gasteiger partial charge in [-0.2, -0.15) is 11.8 Å². The summed E-state index contributed by atoms with van der Waals surface area (Å²) < 4.78 is 10.6. The number of hydrogen-bond donors (Lipinski definition) is 1. The molecule has 1 aromatic carbocycles. The van der Waals surface area contributed by atoms with Crippen molar-refractivity contribution in [3.8, 4) is 5.75 Å². The van der Waals surface area contributed by atoms with Crippen molar-refractivity contribution >= 4 is 17.9 Å². The first-order valence-electron chi connectivity index (χ1n) is 8.17. The molecule has 134 valence electrons. The fourth-order valence-electron chi connectivity index (χ4n) is 2.65. The van der Waals surface area contributed by atoms with E-state index >= 15 is 0 Å². The lowest BCUT2D eigenvalue weighted by molar-refractivity contribution is 0.0176. The van der Waals surface area contributed by atoms with Crippen LogP contribution in [0, 0.1) is 0 Å². The van der Waals surface area contributed by atoms with Crippen LogP contribution < -0.4 is 4.74 Å². The normalized spacial score (nSPS) is 21.0. The van der Waals surface area contributed by atoms with Gasteiger partial charge in [-0.15, -0.1) is 0 Å². The van der Waals surface area contributed by atoms with Crippen molar-refractivity contribution in [2.24, 2.45) is 0 Å². The number of carbonyl (C=O) groups excluding carboxylic acids is 1. The minimum Gasteiger partial charge on any atom is -0.497 e. The number of rotatable bonds is 5. The average molecular weight is 353 g/mol. The van der Waals surface area contributed by atoms with Gasteiger partial charge in [-0.05, 0) is 44.9 Å². The Bertz CT molecular complexity index is 541. The minimum absolute atomic E-state index is 0.0289. The van der Waals surface area contributed by atoms with E-state index in [1.807, 2.05) is 44.7 Å². The van der Waals surface area contributed by atoms with Crippen molar-refractivity contribution in [3.05, 3.63) is 29.8 Å². The Labute approximate surface area is 148 Å². The van der Waals surface area contributed by atoms with Crippen molar-refractivity contribution in [1.82, 2.24) is 4.90 Å². The molecule has 1 aromatic rings. The molecule has 0 aliphatic carbocycles. The maximum atomic E-state index is 12.3. The minimum atomic E-state index is -0.522. The Kier molecular flexibility index (Phi) is 6.40. The molecule has 2 unspecified atom stereocenters. The Morgan fingerprint density at radius 2 is 2.00 bits per heavy atom. The molecule has 6 heteroatoms. The lowest BCUT2D eigenvalue weighted by Gasteiger charge is -2.27. The van der Waals surface area contributed by atoms with Gasteiger partial charge in [-0.1, -0.05) is 12.1 Å². The van der Waals surface area contributed by atoms with Gasteiger partial charge in [0.2, 0.25) is 0 Å². The second kappa shape index (κ2) is 8.12. The molecule has 2 atom stereocenters. The molecule has 0 radical (unpaired) electrons. The highest BCUT2D eigenvalue weighted by Gasteiger charge is 2.37. The number of aliphatic hydroxyl groups is 1. The second-order valence-electron chi connectivity index (χ2n) is 6.99. The molecule has 1 amide bonds. The maximum Gasteiger partial charge on any atom is 0.410 e. The van der Waals surface area contributed by atoms with E-state index in [0.29, 0.717) is 11.8 Å². The van der Waals surface area contributed by atoms with Crippen LogP contribution in [0.4, 0.5) is 4.79 Å². The summed E-state index contributed by atoms with van der Waals surface area (Å²) in [5.41, 5.74) is 0.697. The summed E-state index contributed by atoms with van der Waals surface area (Å²) in [7, 11) is 1.66. The highest BCUT2D eigenvalue weighted by atomic mass is 32.2. The molecule has 1 fully saturated rings. The van der Waals surface area contributed by atoms with Crippen LogP contribution in [0.5, 0.6) is 5.75 Å². The first-order valence-corrected chi connectivity index (χ1v) is 9.22. The zero-order chi connectivity index (χ0) is 17.7. The molecule has 1 saturated heterocycles. The van der Waals surface area contributed by atoms with E-state index in [4.69, 9.17) is 9.47 Å². The number of benzene rings is 1. The molecular formula is C18H27NO4S. The summed E-state index contributed by atoms with van der Waals surface area (Å²) in [5, 5.41) is 9.87. The molecule has 2 rings (SSSR count). The predicted octanol–water partition coefficient (Wildman–Crippen LogP) is 3.30. The van der Waals surface area contributed by atoms with Crippen LogP contribution in [0.25, 0.3) is 0 Å². The third-order valence-corrected chi connectivity index (χ3v) is 5.17. The number of ether oxygens (including phenoxy) is 2. The van der Waals surface area contributed by atoms with E-state index in [1.165, 1.54) is 5.56 Å². The topological polar surface area (TPSA) is 59.0 Å². The summed E-state index contributed by atoms with van der Waals surface area (Å²) in [6, 6.07) is 7.85. The smallest absolute Gasteiger partial charge is 0.410 e. The number of carbonyl (C=O) groups is 1. The van der Waals surface area contributed by atoms with Gasteiger partial charge in [0.1, 0.15) is 11.4 Å². The summed E-state index contributed by atoms with van der Waals surface area (Å²) >= 11 is 1.81. The first-order chi connectivity index (χ1) is 11.3. The number of likely N-dealkylation sites (tertiary alicyclic amines) is 1. The standard InChI is InChI=1S/C18H27NO4S/c1-18(2,3)23-17(21)19-10-16(9-14(19)11-20)24-12-13-5-7-15(22-4)8-6-13/h5-8,14,16,20H,9-12H2,1-4H3. The number of aliphatic hydroxyl groups excluding tert-OH is 1. The van der Waals surface area contributed by atoms with Crippen LogP contribution in [-0.2, 0) is 10.5 Å². The van der Waals surface area contributed by atoms with Crippen molar-refractivity contribution in [1.29, 1.82) is 0 Å². The zero-order valence-corrected chi connectivity index (χ0v) is 15.6. The third-order valence-electron chi connectivity index (χ3n) is 3.86. The molecule has 1 heterocycles. The zero-order valence-electron chi connectivity index (χ0n) is 14.8. The van der Waals surface area contributed by atoms with Gasteiger partial charge in [0.25, 0.3) is 0 Å². The van der Waals surface area contributed by atoms with E-state index in [9.17, 15) is 9.90 Å². The van der Waals surface area contributed by atoms with Crippen molar-refractivity contribution in [2.75, 3.05) is 20.3 Å². The highest BCUT2D eigenvalue weighted by Crippen LogP contribution is 2.31. The average Bonchev–Trinajstić information content (AvgIpc) is 2.95. The Balaban J connectivity index is 1.89. The van der Waals surface area contributed by atoms with E-state index in [1.54, 1.807) is 12.0 Å². The first kappa shape index (κ1) is 18.9. The fraction of sp³-hybridized carbons (Fsp3) is 0.611. The quantitative estimate of drug-likeness (QED) is 0.880. The van der Waals surface area contributed by atoms with E-state index in [0.717, 1.165) is 17.9 Å². The van der Waals surface area contributed by atoms with Gasteiger partial charge >= 0.3 is 6.09 Å². The van der Waals surface area contributed by atoms with Crippen LogP contribution in [0.3, 0.4) is 0 Å². The van der Waals surface area contributed by atoms with Crippen LogP contribution in [0.15, 0.2) is 24.3 Å². The van der Waals surface area contributed by atoms with E-state index in [-0.39, 0.29) is 18.7 Å². The fourth-order valence-corrected chi connectivity index (χ4v) is 3.89. The van der Waals surface area contributed by atoms with Gasteiger partial charge in [0.05, 0.1) is 19.8 Å². The number of methoxy groups -OCH3 is 1. The summed E-state index contributed by atoms with van der Waals surface area (Å²) in [5.74, 6) is 1.72. The van der Waals surface area contributed by atoms with E-state index in [2.05, 4.69) is 12.1 Å². The lowest BCUT2D eigenvalue weighted by Crippen LogP contribution is -2.41. The molecule has 0 bridgehead atoms. The Morgan fingerprint density at radius 3 is 2.54 bits per heavy atom. The summed E-state index contributed by atoms with van der Waals surface area (Å²) in [6.07, 6.45) is 0.449. The summed E-state index contributed by atoms with van der Waals surface area (Å²) in [6.45, 7) is 6.14. The van der Waals surface area contributed by atoms with Crippen molar-refractivity contribution in [3.63, 3.8) is 0 Å². The van der Waals surface area contributed by atoms with E-state index < -0.39 is 5.60 Å². The SMILES string of the molecule is COc1ccc(CSC2CC(CO)N(C(=O)OC(C)(C)C)C2)cc1. The number of thioether (sulfide) groups is 1. The Morgan fingerprint density at radius 1 is 1.33 bits per heavy atom. The van der Waals surface area contributed by atoms with Crippen molar-refractivity contribution < 1.29 is 19.4 Å². The molecule has 0 saturated carbocycles. The molecule has 1 aliphatic heterocycles. The van der Waals surface area contributed by atoms with Gasteiger partial charge in [-0.3, -0.25) is 0 Å². The number of nitrogens with zero attached hydrogens (tertiary/aromatic N) is 1. The second-order valence-corrected chi connectivity index (χ2v) is 8.27. The van der Waals surface area contributed by atoms with Gasteiger partial charge in [0.15, 0.2) is 0 Å². The van der Waals surface area contributed by atoms with Gasteiger partial charge < -0.3 is 19.5 Å². The monoisotopic (exact) mass is 353 g/mol. The van der Waals surface area contributed by atoms with Crippen LogP contribution >= 0.6 is 11.8 Å². The highest BCUT2D eigenvalue weighted by molar-refractivity contribution is 7.99. The van der Waals surface area contributed by atoms with Crippen molar-refractivity contribution in [2.45, 2.75) is 49.8 Å². The molecule has 5 nitrogen and oxygen atoms in total. The molecule has 1 aliphatic rings. The molecule has 24 heavy (non-hydrogen) atoms. The van der Waals surface area contributed by atoms with Gasteiger partial charge in [-0.25, -0.2) is 4.79 Å². The largest absolute Gasteiger partial charge is 0.497 e. The molecular weight excluding hydrogens is 326 g/mol. The third kappa shape index (κ3) is 5.31. The molecule has 0 aromatic heterocycles. The predicted molar refractivity (Wildman–Crippen MR) is 96.5 cm³/mol. The lowest BCUT2D eigenvalue weighted by atomic mass is 10.2. The van der Waals surface area contributed by atoms with Crippen LogP contribution in [-0.4, -0.2) is 53.3 Å². The number of hydrogen-bond acceptors (Lipinski definition) is 5. The maximum absolute atomic E-state index is 12.3. The van der Waals surface area contributed by atoms with Gasteiger partial charge in [0, 0.05) is 17.5 Å².